The molecule has 1 aromatic heterocycles. The monoisotopic (exact) mass is 437 g/mol. The second-order valence-electron chi connectivity index (χ2n) is 7.47. The maximum absolute atomic E-state index is 13.3. The van der Waals surface area contributed by atoms with Crippen LogP contribution in [0.25, 0.3) is 11.3 Å². The number of ether oxygens (including phenoxy) is 1. The van der Waals surface area contributed by atoms with Gasteiger partial charge in [-0.25, -0.2) is 0 Å². The number of hydrogen-bond donors (Lipinski definition) is 2. The van der Waals surface area contributed by atoms with Gasteiger partial charge in [0.15, 0.2) is 0 Å². The molecule has 0 unspecified atom stereocenters. The molecule has 166 valence electrons. The zero-order valence-corrected chi connectivity index (χ0v) is 17.5. The van der Waals surface area contributed by atoms with Crippen molar-refractivity contribution >= 4 is 23.0 Å². The van der Waals surface area contributed by atoms with Crippen molar-refractivity contribution in [2.75, 3.05) is 36.5 Å². The summed E-state index contributed by atoms with van der Waals surface area (Å²) in [6, 6.07) is 13.2. The third kappa shape index (κ3) is 4.48. The number of non-ortho nitro benzene ring substituents is 1. The van der Waals surface area contributed by atoms with Gasteiger partial charge in [-0.05, 0) is 36.8 Å². The van der Waals surface area contributed by atoms with Gasteiger partial charge in [-0.3, -0.25) is 14.9 Å². The normalized spacial score (nSPS) is 13.8. The highest BCUT2D eigenvalue weighted by Crippen LogP contribution is 2.30. The molecule has 0 saturated carbocycles. The number of amides is 1. The van der Waals surface area contributed by atoms with Gasteiger partial charge in [0.2, 0.25) is 0 Å². The number of rotatable bonds is 6. The van der Waals surface area contributed by atoms with E-state index >= 15 is 0 Å². The number of anilines is 2. The van der Waals surface area contributed by atoms with E-state index in [2.05, 4.69) is 5.32 Å². The summed E-state index contributed by atoms with van der Waals surface area (Å²) < 4.78 is 11.0. The average molecular weight is 437 g/mol. The van der Waals surface area contributed by atoms with Crippen molar-refractivity contribution in [1.82, 2.24) is 0 Å². The Morgan fingerprint density at radius 3 is 2.62 bits per heavy atom. The molecule has 9 heteroatoms. The largest absolute Gasteiger partial charge is 0.459 e. The van der Waals surface area contributed by atoms with E-state index in [0.717, 1.165) is 11.1 Å². The summed E-state index contributed by atoms with van der Waals surface area (Å²) in [4.78, 5) is 26.0. The molecule has 2 N–H and O–H groups in total. The molecule has 1 saturated heterocycles. The Balaban J connectivity index is 1.66. The molecule has 1 aliphatic rings. The standard InChI is InChI=1S/C23H23N3O6/c1-15-2-3-16(22-7-5-18(14-27)32-22)12-20(15)24-23(28)19-13-17(26(29)30)4-6-21(19)25-8-10-31-11-9-25/h2-7,12-13,27H,8-11,14H2,1H3,(H,24,28). The van der Waals surface area contributed by atoms with Crippen molar-refractivity contribution in [3.63, 3.8) is 0 Å². The highest BCUT2D eigenvalue weighted by atomic mass is 16.6. The number of aliphatic hydroxyl groups is 1. The highest BCUT2D eigenvalue weighted by Gasteiger charge is 2.22. The summed E-state index contributed by atoms with van der Waals surface area (Å²) >= 11 is 0. The fourth-order valence-corrected chi connectivity index (χ4v) is 3.62. The zero-order valence-electron chi connectivity index (χ0n) is 17.5. The molecule has 9 nitrogen and oxygen atoms in total. The van der Waals surface area contributed by atoms with Crippen LogP contribution in [-0.4, -0.2) is 42.2 Å². The number of carbonyl (C=O) groups excluding carboxylic acids is 1. The predicted molar refractivity (Wildman–Crippen MR) is 119 cm³/mol. The number of carbonyl (C=O) groups is 1. The number of nitro benzene ring substituents is 1. The van der Waals surface area contributed by atoms with E-state index in [1.54, 1.807) is 24.3 Å². The number of nitrogens with one attached hydrogen (secondary N) is 1. The lowest BCUT2D eigenvalue weighted by molar-refractivity contribution is -0.384. The van der Waals surface area contributed by atoms with Crippen LogP contribution >= 0.6 is 0 Å². The van der Waals surface area contributed by atoms with Crippen molar-refractivity contribution in [1.29, 1.82) is 0 Å². The summed E-state index contributed by atoms with van der Waals surface area (Å²) in [5, 5.41) is 23.4. The SMILES string of the molecule is Cc1ccc(-c2ccc(CO)o2)cc1NC(=O)c1cc([N+](=O)[O-])ccc1N1CCOCC1. The van der Waals surface area contributed by atoms with E-state index in [0.29, 0.717) is 49.2 Å². The summed E-state index contributed by atoms with van der Waals surface area (Å²) in [7, 11) is 0. The predicted octanol–water partition coefficient (Wildman–Crippen LogP) is 3.74. The summed E-state index contributed by atoms with van der Waals surface area (Å²) in [5.74, 6) is 0.567. The Labute approximate surface area is 184 Å². The van der Waals surface area contributed by atoms with Gasteiger partial charge in [-0.15, -0.1) is 0 Å². The van der Waals surface area contributed by atoms with Crippen LogP contribution in [0, 0.1) is 17.0 Å². The number of benzene rings is 2. The number of aryl methyl sites for hydroxylation is 1. The third-order valence-corrected chi connectivity index (χ3v) is 5.38. The summed E-state index contributed by atoms with van der Waals surface area (Å²) in [6.45, 7) is 3.90. The Bertz CT molecular complexity index is 1150. The minimum atomic E-state index is -0.513. The third-order valence-electron chi connectivity index (χ3n) is 5.38. The first kappa shape index (κ1) is 21.5. The topological polar surface area (TPSA) is 118 Å². The van der Waals surface area contributed by atoms with Gasteiger partial charge in [0.25, 0.3) is 11.6 Å². The second-order valence-corrected chi connectivity index (χ2v) is 7.47. The van der Waals surface area contributed by atoms with Crippen LogP contribution < -0.4 is 10.2 Å². The second kappa shape index (κ2) is 9.21. The lowest BCUT2D eigenvalue weighted by atomic mass is 10.1. The van der Waals surface area contributed by atoms with E-state index in [4.69, 9.17) is 9.15 Å². The van der Waals surface area contributed by atoms with Gasteiger partial charge in [0.05, 0.1) is 29.4 Å². The van der Waals surface area contributed by atoms with Gasteiger partial charge < -0.3 is 24.5 Å². The molecular formula is C23H23N3O6. The van der Waals surface area contributed by atoms with Crippen LogP contribution in [0.4, 0.5) is 17.1 Å². The average Bonchev–Trinajstić information content (AvgIpc) is 3.30. The maximum atomic E-state index is 13.3. The molecule has 3 aromatic rings. The van der Waals surface area contributed by atoms with Crippen molar-refractivity contribution in [3.05, 3.63) is 75.5 Å². The minimum Gasteiger partial charge on any atom is -0.459 e. The number of aliphatic hydroxyl groups excluding tert-OH is 1. The van der Waals surface area contributed by atoms with Crippen molar-refractivity contribution < 1.29 is 24.0 Å². The number of hydrogen-bond acceptors (Lipinski definition) is 7. The van der Waals surface area contributed by atoms with Crippen LogP contribution in [0.3, 0.4) is 0 Å². The van der Waals surface area contributed by atoms with Crippen LogP contribution in [0.1, 0.15) is 21.7 Å². The van der Waals surface area contributed by atoms with Crippen LogP contribution in [0.15, 0.2) is 52.9 Å². The smallest absolute Gasteiger partial charge is 0.270 e. The van der Waals surface area contributed by atoms with Gasteiger partial charge >= 0.3 is 0 Å². The number of nitro groups is 1. The molecule has 1 amide bonds. The lowest BCUT2D eigenvalue weighted by Gasteiger charge is -2.30. The van der Waals surface area contributed by atoms with Crippen LogP contribution in [0.5, 0.6) is 0 Å². The van der Waals surface area contributed by atoms with Gasteiger partial charge in [-0.2, -0.15) is 0 Å². The van der Waals surface area contributed by atoms with Crippen molar-refractivity contribution in [3.8, 4) is 11.3 Å². The molecule has 32 heavy (non-hydrogen) atoms. The Kier molecular flexibility index (Phi) is 6.20. The zero-order chi connectivity index (χ0) is 22.7. The molecule has 0 bridgehead atoms. The molecule has 1 aliphatic heterocycles. The summed E-state index contributed by atoms with van der Waals surface area (Å²) in [6.07, 6.45) is 0. The van der Waals surface area contributed by atoms with Crippen molar-refractivity contribution in [2.24, 2.45) is 0 Å². The van der Waals surface area contributed by atoms with E-state index in [9.17, 15) is 20.0 Å². The maximum Gasteiger partial charge on any atom is 0.270 e. The minimum absolute atomic E-state index is 0.148. The fourth-order valence-electron chi connectivity index (χ4n) is 3.62. The van der Waals surface area contributed by atoms with Gasteiger partial charge in [0.1, 0.15) is 18.1 Å². The van der Waals surface area contributed by atoms with E-state index in [1.165, 1.54) is 12.1 Å². The van der Waals surface area contributed by atoms with Crippen LogP contribution in [0.2, 0.25) is 0 Å². The van der Waals surface area contributed by atoms with E-state index in [1.807, 2.05) is 24.0 Å². The Hall–Kier alpha value is -3.69. The molecule has 0 radical (unpaired) electrons. The first-order valence-corrected chi connectivity index (χ1v) is 10.2. The molecule has 4 rings (SSSR count). The number of morpholine rings is 1. The van der Waals surface area contributed by atoms with Crippen molar-refractivity contribution in [2.45, 2.75) is 13.5 Å². The fraction of sp³-hybridized carbons (Fsp3) is 0.261. The Morgan fingerprint density at radius 2 is 1.94 bits per heavy atom. The number of furan rings is 1. The molecule has 1 fully saturated rings. The first-order chi connectivity index (χ1) is 15.5. The van der Waals surface area contributed by atoms with E-state index < -0.39 is 10.8 Å². The molecule has 2 heterocycles. The van der Waals surface area contributed by atoms with Crippen LogP contribution in [-0.2, 0) is 11.3 Å². The molecular weight excluding hydrogens is 414 g/mol. The lowest BCUT2D eigenvalue weighted by Crippen LogP contribution is -2.37. The molecule has 2 aromatic carbocycles. The van der Waals surface area contributed by atoms with Gasteiger partial charge in [-0.1, -0.05) is 12.1 Å². The van der Waals surface area contributed by atoms with E-state index in [-0.39, 0.29) is 17.9 Å². The molecule has 0 spiro atoms. The first-order valence-electron chi connectivity index (χ1n) is 10.2. The Morgan fingerprint density at radius 1 is 1.16 bits per heavy atom. The quantitative estimate of drug-likeness (QED) is 0.445. The molecule has 0 aliphatic carbocycles. The van der Waals surface area contributed by atoms with Gasteiger partial charge in [0, 0.05) is 36.5 Å². The number of nitrogens with zero attached hydrogens (tertiary/aromatic N) is 2. The highest BCUT2D eigenvalue weighted by molar-refractivity contribution is 6.09. The summed E-state index contributed by atoms with van der Waals surface area (Å²) in [5.41, 5.74) is 2.83. The molecule has 0 atom stereocenters.